The van der Waals surface area contributed by atoms with Gasteiger partial charge in [0.25, 0.3) is 0 Å². The zero-order valence-electron chi connectivity index (χ0n) is 22.0. The number of aromatic nitrogens is 3. The number of hydrazine groups is 2. The smallest absolute Gasteiger partial charge is 0.171 e. The Balaban J connectivity index is 0.00000156. The normalized spacial score (nSPS) is 12.2. The number of hydrazone groups is 1. The molecule has 0 fully saturated rings. The van der Waals surface area contributed by atoms with Crippen molar-refractivity contribution in [2.75, 3.05) is 0 Å². The molecule has 4 aromatic rings. The molecule has 0 atom stereocenters. The van der Waals surface area contributed by atoms with Crippen LogP contribution in [0.15, 0.2) is 84.0 Å². The molecule has 5 rings (SSSR count). The van der Waals surface area contributed by atoms with Crippen molar-refractivity contribution in [3.05, 3.63) is 107 Å². The van der Waals surface area contributed by atoms with Crippen LogP contribution in [-0.4, -0.2) is 20.6 Å². The minimum absolute atomic E-state index is 0.724. The maximum atomic E-state index is 4.90. The van der Waals surface area contributed by atoms with Crippen molar-refractivity contribution < 1.29 is 0 Å². The van der Waals surface area contributed by atoms with Gasteiger partial charge in [0.2, 0.25) is 0 Å². The summed E-state index contributed by atoms with van der Waals surface area (Å²) < 4.78 is 2.09. The van der Waals surface area contributed by atoms with Crippen molar-refractivity contribution >= 4 is 5.84 Å². The number of nitrogens with zero attached hydrogens (tertiary/aromatic N) is 4. The Morgan fingerprint density at radius 1 is 0.757 bits per heavy atom. The SMILES string of the molecule is CC.CCCCc1nc(CCc2ccccc2)nn1Cc1ccc(-c2ccccc2C2=NNNN2)cc1. The molecule has 7 nitrogen and oxygen atoms in total. The number of nitrogens with one attached hydrogen (secondary N) is 3. The standard InChI is InChI=1S/C28H31N7.C2H6/c1-2-3-13-27-29-26(19-16-21-9-5-4-6-10-21)32-35(27)20-22-14-17-23(18-15-22)24-11-7-8-12-25(24)28-30-33-34-31-28;1-2/h4-12,14-15,17-18,33-34H,2-3,13,16,19-20H2,1H3,(H,30,31);1-2H3. The van der Waals surface area contributed by atoms with Crippen LogP contribution in [0.5, 0.6) is 0 Å². The predicted molar refractivity (Wildman–Crippen MR) is 151 cm³/mol. The monoisotopic (exact) mass is 495 g/mol. The molecule has 192 valence electrons. The van der Waals surface area contributed by atoms with Gasteiger partial charge in [0, 0.05) is 18.4 Å². The van der Waals surface area contributed by atoms with Crippen LogP contribution in [0, 0.1) is 0 Å². The molecule has 1 aromatic heterocycles. The number of rotatable bonds is 10. The second-order valence-corrected chi connectivity index (χ2v) is 8.76. The van der Waals surface area contributed by atoms with Crippen LogP contribution in [0.25, 0.3) is 11.1 Å². The lowest BCUT2D eigenvalue weighted by Crippen LogP contribution is -2.35. The Bertz CT molecular complexity index is 1280. The van der Waals surface area contributed by atoms with E-state index in [9.17, 15) is 0 Å². The van der Waals surface area contributed by atoms with Crippen LogP contribution in [0.3, 0.4) is 0 Å². The van der Waals surface area contributed by atoms with E-state index in [2.05, 4.69) is 106 Å². The van der Waals surface area contributed by atoms with Crippen molar-refractivity contribution in [1.29, 1.82) is 0 Å². The number of hydrogen-bond donors (Lipinski definition) is 3. The molecule has 0 aliphatic carbocycles. The van der Waals surface area contributed by atoms with Gasteiger partial charge < -0.3 is 0 Å². The van der Waals surface area contributed by atoms with E-state index in [-0.39, 0.29) is 0 Å². The van der Waals surface area contributed by atoms with E-state index in [1.807, 2.05) is 19.9 Å². The molecule has 7 heteroatoms. The summed E-state index contributed by atoms with van der Waals surface area (Å²) in [5, 5.41) is 9.15. The Morgan fingerprint density at radius 3 is 2.19 bits per heavy atom. The third-order valence-corrected chi connectivity index (χ3v) is 6.21. The molecule has 0 radical (unpaired) electrons. The zero-order valence-corrected chi connectivity index (χ0v) is 22.0. The van der Waals surface area contributed by atoms with Gasteiger partial charge >= 0.3 is 0 Å². The first-order chi connectivity index (χ1) is 18.3. The van der Waals surface area contributed by atoms with Gasteiger partial charge in [-0.2, -0.15) is 5.10 Å². The molecule has 0 saturated heterocycles. The van der Waals surface area contributed by atoms with Gasteiger partial charge in [-0.3, -0.25) is 5.43 Å². The van der Waals surface area contributed by atoms with Crippen molar-refractivity contribution in [3.8, 4) is 11.1 Å². The first kappa shape index (κ1) is 26.1. The van der Waals surface area contributed by atoms with Gasteiger partial charge in [-0.05, 0) is 35.1 Å². The molecule has 3 N–H and O–H groups in total. The Kier molecular flexibility index (Phi) is 9.43. The molecule has 1 aliphatic rings. The van der Waals surface area contributed by atoms with Crippen LogP contribution in [0.4, 0.5) is 0 Å². The summed E-state index contributed by atoms with van der Waals surface area (Å²) >= 11 is 0. The van der Waals surface area contributed by atoms with Gasteiger partial charge in [0.05, 0.1) is 6.54 Å². The number of amidine groups is 1. The molecule has 0 unspecified atom stereocenters. The largest absolute Gasteiger partial charge is 0.285 e. The maximum Gasteiger partial charge on any atom is 0.171 e. The lowest BCUT2D eigenvalue weighted by Gasteiger charge is -2.11. The quantitative estimate of drug-likeness (QED) is 0.274. The predicted octanol–water partition coefficient (Wildman–Crippen LogP) is 5.42. The molecular formula is C30H37N7. The first-order valence-electron chi connectivity index (χ1n) is 13.3. The molecule has 3 aromatic carbocycles. The van der Waals surface area contributed by atoms with Crippen molar-refractivity contribution in [2.24, 2.45) is 5.10 Å². The van der Waals surface area contributed by atoms with E-state index in [1.54, 1.807) is 0 Å². The van der Waals surface area contributed by atoms with E-state index in [0.717, 1.165) is 72.8 Å². The number of hydrogen-bond acceptors (Lipinski definition) is 6. The average Bonchev–Trinajstić information content (AvgIpc) is 3.63. The highest BCUT2D eigenvalue weighted by Gasteiger charge is 2.14. The Morgan fingerprint density at radius 2 is 1.49 bits per heavy atom. The number of unbranched alkanes of at least 4 members (excludes halogenated alkanes) is 1. The fourth-order valence-electron chi connectivity index (χ4n) is 4.31. The van der Waals surface area contributed by atoms with Crippen LogP contribution in [-0.2, 0) is 25.8 Å². The van der Waals surface area contributed by atoms with E-state index in [4.69, 9.17) is 10.1 Å². The first-order valence-corrected chi connectivity index (χ1v) is 13.3. The lowest BCUT2D eigenvalue weighted by atomic mass is 9.98. The molecule has 1 aliphatic heterocycles. The summed E-state index contributed by atoms with van der Waals surface area (Å²) in [5.41, 5.74) is 14.4. The molecule has 0 saturated carbocycles. The molecular weight excluding hydrogens is 458 g/mol. The minimum Gasteiger partial charge on any atom is -0.285 e. The van der Waals surface area contributed by atoms with Gasteiger partial charge in [0.1, 0.15) is 5.82 Å². The number of aryl methyl sites for hydroxylation is 3. The molecule has 0 amide bonds. The highest BCUT2D eigenvalue weighted by Crippen LogP contribution is 2.25. The molecule has 0 spiro atoms. The highest BCUT2D eigenvalue weighted by atomic mass is 15.8. The van der Waals surface area contributed by atoms with Crippen molar-refractivity contribution in [3.63, 3.8) is 0 Å². The second kappa shape index (κ2) is 13.4. The van der Waals surface area contributed by atoms with Crippen LogP contribution >= 0.6 is 0 Å². The fraction of sp³-hybridized carbons (Fsp3) is 0.300. The van der Waals surface area contributed by atoms with E-state index in [0.29, 0.717) is 0 Å². The summed E-state index contributed by atoms with van der Waals surface area (Å²) in [6, 6.07) is 27.5. The topological polar surface area (TPSA) is 79.2 Å². The Hall–Kier alpha value is -3.97. The van der Waals surface area contributed by atoms with Gasteiger partial charge in [0.15, 0.2) is 11.7 Å². The van der Waals surface area contributed by atoms with E-state index in [1.165, 1.54) is 11.1 Å². The lowest BCUT2D eigenvalue weighted by molar-refractivity contribution is 0.577. The van der Waals surface area contributed by atoms with Crippen LogP contribution < -0.4 is 16.5 Å². The third-order valence-electron chi connectivity index (χ3n) is 6.21. The van der Waals surface area contributed by atoms with Crippen molar-refractivity contribution in [1.82, 2.24) is 31.3 Å². The Labute approximate surface area is 220 Å². The fourth-order valence-corrected chi connectivity index (χ4v) is 4.31. The van der Waals surface area contributed by atoms with E-state index >= 15 is 0 Å². The molecule has 2 heterocycles. The second-order valence-electron chi connectivity index (χ2n) is 8.76. The zero-order chi connectivity index (χ0) is 25.9. The van der Waals surface area contributed by atoms with Gasteiger partial charge in [-0.25, -0.2) is 15.2 Å². The summed E-state index contributed by atoms with van der Waals surface area (Å²) in [7, 11) is 0. The third kappa shape index (κ3) is 6.83. The average molecular weight is 496 g/mol. The van der Waals surface area contributed by atoms with Gasteiger partial charge in [-0.1, -0.05) is 106 Å². The highest BCUT2D eigenvalue weighted by molar-refractivity contribution is 6.04. The summed E-state index contributed by atoms with van der Waals surface area (Å²) in [6.07, 6.45) is 5.03. The molecule has 37 heavy (non-hydrogen) atoms. The summed E-state index contributed by atoms with van der Waals surface area (Å²) in [4.78, 5) is 4.90. The maximum absolute atomic E-state index is 4.90. The molecule has 0 bridgehead atoms. The minimum atomic E-state index is 0.724. The van der Waals surface area contributed by atoms with E-state index < -0.39 is 0 Å². The summed E-state index contributed by atoms with van der Waals surface area (Å²) in [5.74, 6) is 2.78. The van der Waals surface area contributed by atoms with Gasteiger partial charge in [-0.15, -0.1) is 10.6 Å². The van der Waals surface area contributed by atoms with Crippen molar-refractivity contribution in [2.45, 2.75) is 59.4 Å². The van der Waals surface area contributed by atoms with Crippen LogP contribution in [0.2, 0.25) is 0 Å². The van der Waals surface area contributed by atoms with Crippen LogP contribution in [0.1, 0.15) is 62.0 Å². The number of benzene rings is 3. The summed E-state index contributed by atoms with van der Waals surface area (Å²) in [6.45, 7) is 6.94.